The Hall–Kier alpha value is -9.21. The Bertz CT molecular complexity index is 3950. The Morgan fingerprint density at radius 3 is 1.13 bits per heavy atom. The molecule has 8 N–H and O–H groups in total. The van der Waals surface area contributed by atoms with E-state index in [0.717, 1.165) is 77.8 Å². The first-order chi connectivity index (χ1) is 40.8. The van der Waals surface area contributed by atoms with Gasteiger partial charge in [-0.15, -0.1) is 0 Å². The number of phenolic OH excluding ortho intramolecular Hbond substituents is 3. The lowest BCUT2D eigenvalue weighted by atomic mass is 9.95. The second-order valence-corrected chi connectivity index (χ2v) is 25.6. The third-order valence-electron chi connectivity index (χ3n) is 14.5. The van der Waals surface area contributed by atoms with Crippen LogP contribution in [0.5, 0.6) is 17.2 Å². The van der Waals surface area contributed by atoms with Crippen molar-refractivity contribution >= 4 is 83.2 Å². The SMILES string of the molecule is CC1CCN(C(=O)Cc2ccccc2Cc2ccc(N3CC(=O)NS3(=O)=O)c(O)c2)CC1.CCNC(=O)Cc1ccccc1Cc1ccc(N2CC(=O)NS2(=O)=O)c(O)c1.O=C(O)Cc1ccccc1Cc1ccc(N2CC(=O)NS2(=O)=O)c(O)c1. The van der Waals surface area contributed by atoms with Crippen molar-refractivity contribution in [3.63, 3.8) is 0 Å². The number of nitrogens with zero attached hydrogens (tertiary/aromatic N) is 4. The van der Waals surface area contributed by atoms with Crippen molar-refractivity contribution in [2.75, 3.05) is 52.2 Å². The van der Waals surface area contributed by atoms with Crippen LogP contribution < -0.4 is 32.4 Å². The Morgan fingerprint density at radius 2 is 0.826 bits per heavy atom. The van der Waals surface area contributed by atoms with E-state index in [9.17, 15) is 69.3 Å². The number of hydrogen-bond acceptors (Lipinski definition) is 15. The fourth-order valence-electron chi connectivity index (χ4n) is 10.1. The summed E-state index contributed by atoms with van der Waals surface area (Å²) in [5, 5.41) is 42.8. The molecule has 4 heterocycles. The quantitative estimate of drug-likeness (QED) is 0.0686. The molecule has 4 saturated heterocycles. The predicted octanol–water partition coefficient (Wildman–Crippen LogP) is 3.60. The lowest BCUT2D eigenvalue weighted by Crippen LogP contribution is -2.38. The number of nitrogens with one attached hydrogen (secondary N) is 4. The summed E-state index contributed by atoms with van der Waals surface area (Å²) >= 11 is 0. The molecule has 0 aliphatic carbocycles. The molecule has 24 nitrogen and oxygen atoms in total. The van der Waals surface area contributed by atoms with Gasteiger partial charge in [0, 0.05) is 19.6 Å². The molecular formula is C59H64N8O16S3. The summed E-state index contributed by atoms with van der Waals surface area (Å²) in [5.74, 6) is -2.92. The predicted molar refractivity (Wildman–Crippen MR) is 318 cm³/mol. The van der Waals surface area contributed by atoms with Crippen LogP contribution in [0.25, 0.3) is 0 Å². The molecule has 0 aromatic heterocycles. The van der Waals surface area contributed by atoms with E-state index in [4.69, 9.17) is 5.11 Å². The highest BCUT2D eigenvalue weighted by atomic mass is 32.2. The smallest absolute Gasteiger partial charge is 0.326 e. The average molecular weight is 1240 g/mol. The molecule has 4 aliphatic heterocycles. The van der Waals surface area contributed by atoms with E-state index in [1.807, 2.05) is 74.5 Å². The summed E-state index contributed by atoms with van der Waals surface area (Å²) in [4.78, 5) is 71.8. The number of benzene rings is 6. The number of aliphatic carboxylic acids is 1. The molecular weight excluding hydrogens is 1170 g/mol. The fourth-order valence-corrected chi connectivity index (χ4v) is 13.6. The molecule has 0 bridgehead atoms. The highest BCUT2D eigenvalue weighted by Gasteiger charge is 2.38. The van der Waals surface area contributed by atoms with Crippen molar-refractivity contribution in [3.8, 4) is 17.2 Å². The number of phenols is 3. The summed E-state index contributed by atoms with van der Waals surface area (Å²) in [6.45, 7) is 5.11. The van der Waals surface area contributed by atoms with Crippen molar-refractivity contribution in [1.82, 2.24) is 24.4 Å². The van der Waals surface area contributed by atoms with Crippen LogP contribution in [0.4, 0.5) is 17.1 Å². The van der Waals surface area contributed by atoms with Crippen LogP contribution >= 0.6 is 0 Å². The number of piperidine rings is 1. The van der Waals surface area contributed by atoms with Crippen LogP contribution in [0.3, 0.4) is 0 Å². The number of aromatic hydroxyl groups is 3. The van der Waals surface area contributed by atoms with E-state index >= 15 is 0 Å². The van der Waals surface area contributed by atoms with Gasteiger partial charge >= 0.3 is 36.6 Å². The third kappa shape index (κ3) is 15.8. The minimum absolute atomic E-state index is 0.00548. The summed E-state index contributed by atoms with van der Waals surface area (Å²) < 4.78 is 79.8. The zero-order valence-corrected chi connectivity index (χ0v) is 49.3. The molecule has 0 unspecified atom stereocenters. The van der Waals surface area contributed by atoms with E-state index < -0.39 is 60.9 Å². The maximum absolute atomic E-state index is 12.8. The highest BCUT2D eigenvalue weighted by molar-refractivity contribution is 7.92. The van der Waals surface area contributed by atoms with Crippen LogP contribution in [0, 0.1) is 5.92 Å². The summed E-state index contributed by atoms with van der Waals surface area (Å²) in [6.07, 6.45) is 3.87. The molecule has 5 amide bonds. The molecule has 86 heavy (non-hydrogen) atoms. The topological polar surface area (TPSA) is 347 Å². The molecule has 454 valence electrons. The number of carboxylic acids is 1. The van der Waals surface area contributed by atoms with Gasteiger partial charge in [-0.3, -0.25) is 28.8 Å². The van der Waals surface area contributed by atoms with Crippen molar-refractivity contribution in [2.24, 2.45) is 5.92 Å². The van der Waals surface area contributed by atoms with Gasteiger partial charge in [0.05, 0.1) is 36.3 Å². The molecule has 6 aromatic rings. The second kappa shape index (κ2) is 26.8. The summed E-state index contributed by atoms with van der Waals surface area (Å²) in [7, 11) is -12.0. The van der Waals surface area contributed by atoms with Crippen LogP contribution in [-0.4, -0.2) is 125 Å². The number of amides is 5. The van der Waals surface area contributed by atoms with Crippen molar-refractivity contribution < 1.29 is 74.4 Å². The van der Waals surface area contributed by atoms with Gasteiger partial charge in [-0.05, 0) is 131 Å². The van der Waals surface area contributed by atoms with E-state index in [2.05, 4.69) is 12.2 Å². The number of carbonyl (C=O) groups is 6. The molecule has 4 fully saturated rings. The van der Waals surface area contributed by atoms with Gasteiger partial charge in [0.15, 0.2) is 0 Å². The van der Waals surface area contributed by atoms with E-state index in [-0.39, 0.29) is 72.1 Å². The Kier molecular flexibility index (Phi) is 19.6. The minimum atomic E-state index is -4.00. The molecule has 0 saturated carbocycles. The van der Waals surface area contributed by atoms with Gasteiger partial charge in [-0.25, -0.2) is 27.1 Å². The van der Waals surface area contributed by atoms with Gasteiger partial charge in [-0.2, -0.15) is 25.3 Å². The van der Waals surface area contributed by atoms with Crippen LogP contribution in [-0.2, 0) is 97.9 Å². The Morgan fingerprint density at radius 1 is 0.500 bits per heavy atom. The third-order valence-corrected chi connectivity index (χ3v) is 18.6. The minimum Gasteiger partial charge on any atom is -0.506 e. The Balaban J connectivity index is 0.000000169. The summed E-state index contributed by atoms with van der Waals surface area (Å²) in [6, 6.07) is 36.1. The second-order valence-electron chi connectivity index (χ2n) is 20.9. The zero-order chi connectivity index (χ0) is 62.1. The summed E-state index contributed by atoms with van der Waals surface area (Å²) in [5.41, 5.74) is 7.50. The van der Waals surface area contributed by atoms with Gasteiger partial charge in [0.25, 0.3) is 17.7 Å². The molecule has 0 radical (unpaired) electrons. The Labute approximate surface area is 497 Å². The lowest BCUT2D eigenvalue weighted by Gasteiger charge is -2.30. The zero-order valence-electron chi connectivity index (χ0n) is 46.8. The maximum atomic E-state index is 12.8. The normalized spacial score (nSPS) is 16.7. The first-order valence-corrected chi connectivity index (χ1v) is 31.5. The van der Waals surface area contributed by atoms with Crippen molar-refractivity contribution in [1.29, 1.82) is 0 Å². The molecule has 0 atom stereocenters. The number of anilines is 3. The van der Waals surface area contributed by atoms with Gasteiger partial charge in [0.1, 0.15) is 36.9 Å². The number of carboxylic acid groups (broad SMARTS) is 1. The van der Waals surface area contributed by atoms with Crippen LogP contribution in [0.1, 0.15) is 76.8 Å². The van der Waals surface area contributed by atoms with E-state index in [1.165, 1.54) is 36.4 Å². The highest BCUT2D eigenvalue weighted by Crippen LogP contribution is 2.35. The lowest BCUT2D eigenvalue weighted by molar-refractivity contribution is -0.136. The van der Waals surface area contributed by atoms with E-state index in [1.54, 1.807) is 42.5 Å². The molecule has 27 heteroatoms. The van der Waals surface area contributed by atoms with Gasteiger partial charge < -0.3 is 30.6 Å². The van der Waals surface area contributed by atoms with Gasteiger partial charge in [0.2, 0.25) is 11.8 Å². The van der Waals surface area contributed by atoms with E-state index in [0.29, 0.717) is 49.3 Å². The number of rotatable bonds is 16. The van der Waals surface area contributed by atoms with Crippen LogP contribution in [0.2, 0.25) is 0 Å². The first kappa shape index (κ1) is 62.8. The molecule has 10 rings (SSSR count). The number of likely N-dealkylation sites (tertiary alicyclic amines) is 1. The fraction of sp³-hybridized carbons (Fsp3) is 0.288. The molecule has 6 aromatic carbocycles. The monoisotopic (exact) mass is 1240 g/mol. The van der Waals surface area contributed by atoms with Gasteiger partial charge in [-0.1, -0.05) is 97.9 Å². The standard InChI is InChI=1S/C23H27N3O5S.C19H21N3O5S.C17H16N2O6S/c1-16-8-10-25(11-9-16)23(29)14-19-5-3-2-4-18(19)12-17-6-7-20(21(27)13-17)26-15-22(28)24-32(26,30)31;1-2-20-18(24)11-15-6-4-3-5-14(15)9-13-7-8-16(17(23)10-13)22-12-19(25)21-28(22,26)27;20-15-8-11(7-12-3-1-2-4-13(12)9-17(22)23)5-6-14(15)19-10-16(21)18-26(19,24)25/h2-7,13,16,27H,8-12,14-15H2,1H3,(H,24,28);3-8,10,23H,2,9,11-12H2,1H3,(H,20,24)(H,21,25);1-6,8,20H,7,9-10H2,(H,18,21)(H,22,23). The number of likely N-dealkylation sites (N-methyl/N-ethyl adjacent to an activating group) is 1. The maximum Gasteiger partial charge on any atom is 0.326 e. The van der Waals surface area contributed by atoms with Crippen molar-refractivity contribution in [2.45, 2.75) is 65.2 Å². The first-order valence-electron chi connectivity index (χ1n) is 27.2. The largest absolute Gasteiger partial charge is 0.506 e. The van der Waals surface area contributed by atoms with Crippen molar-refractivity contribution in [3.05, 3.63) is 177 Å². The van der Waals surface area contributed by atoms with Crippen LogP contribution in [0.15, 0.2) is 127 Å². The molecule has 4 aliphatic rings. The number of hydrogen-bond donors (Lipinski definition) is 8. The number of carbonyl (C=O) groups excluding carboxylic acids is 5. The average Bonchev–Trinajstić information content (AvgIpc) is 2.08. The molecule has 0 spiro atoms.